The summed E-state index contributed by atoms with van der Waals surface area (Å²) >= 11 is 0. The molecule has 1 aliphatic rings. The molecule has 0 aliphatic carbocycles. The Hall–Kier alpha value is -1.16. The zero-order valence-electron chi connectivity index (χ0n) is 9.40. The fraction of sp³-hybridized carbons (Fsp3) is 0.636. The molecule has 0 unspecified atom stereocenters. The van der Waals surface area contributed by atoms with Gasteiger partial charge in [0.2, 0.25) is 0 Å². The second kappa shape index (κ2) is 4.14. The van der Waals surface area contributed by atoms with Gasteiger partial charge in [0.15, 0.2) is 0 Å². The Kier molecular flexibility index (Phi) is 2.86. The number of nitrogens with one attached hydrogen (secondary N) is 1. The van der Waals surface area contributed by atoms with Gasteiger partial charge in [-0.05, 0) is 26.8 Å². The maximum atomic E-state index is 4.07. The third-order valence-corrected chi connectivity index (χ3v) is 2.71. The Morgan fingerprint density at radius 3 is 2.80 bits per heavy atom. The molecule has 0 bridgehead atoms. The van der Waals surface area contributed by atoms with Crippen molar-refractivity contribution in [1.29, 1.82) is 0 Å². The van der Waals surface area contributed by atoms with Crippen LogP contribution in [0.25, 0.3) is 0 Å². The molecule has 0 saturated carbocycles. The van der Waals surface area contributed by atoms with Crippen molar-refractivity contribution < 1.29 is 0 Å². The van der Waals surface area contributed by atoms with Crippen LogP contribution in [0.3, 0.4) is 0 Å². The predicted molar refractivity (Wildman–Crippen MR) is 60.9 cm³/mol. The monoisotopic (exact) mass is 206 g/mol. The molecule has 1 aliphatic heterocycles. The van der Waals surface area contributed by atoms with E-state index in [4.69, 9.17) is 0 Å². The number of anilines is 1. The van der Waals surface area contributed by atoms with E-state index in [1.54, 1.807) is 6.33 Å². The summed E-state index contributed by atoms with van der Waals surface area (Å²) in [6.45, 7) is 7.62. The minimum atomic E-state index is 0.159. The van der Waals surface area contributed by atoms with Crippen LogP contribution in [-0.2, 0) is 0 Å². The summed E-state index contributed by atoms with van der Waals surface area (Å²) in [5.74, 6) is 0. The minimum Gasteiger partial charge on any atom is -0.367 e. The van der Waals surface area contributed by atoms with E-state index in [2.05, 4.69) is 34.0 Å². The van der Waals surface area contributed by atoms with Gasteiger partial charge in [0.25, 0.3) is 0 Å². The maximum absolute atomic E-state index is 4.07. The van der Waals surface area contributed by atoms with Crippen molar-refractivity contribution in [2.75, 3.05) is 24.5 Å². The second-order valence-electron chi connectivity index (χ2n) is 4.68. The topological polar surface area (TPSA) is 41.1 Å². The smallest absolute Gasteiger partial charge is 0.115 e. The Labute approximate surface area is 90.7 Å². The second-order valence-corrected chi connectivity index (χ2v) is 4.68. The lowest BCUT2D eigenvalue weighted by molar-refractivity contribution is 0.416. The predicted octanol–water partition coefficient (Wildman–Crippen LogP) is 1.05. The van der Waals surface area contributed by atoms with E-state index in [1.807, 2.05) is 12.4 Å². The average molecular weight is 206 g/mol. The van der Waals surface area contributed by atoms with Gasteiger partial charge in [-0.2, -0.15) is 0 Å². The van der Waals surface area contributed by atoms with E-state index in [0.29, 0.717) is 0 Å². The lowest BCUT2D eigenvalue weighted by atomic mass is 10.1. The molecule has 1 aromatic rings. The summed E-state index contributed by atoms with van der Waals surface area (Å²) in [6, 6.07) is 0. The molecular formula is C11H18N4. The van der Waals surface area contributed by atoms with Crippen molar-refractivity contribution in [3.63, 3.8) is 0 Å². The molecular weight excluding hydrogens is 188 g/mol. The van der Waals surface area contributed by atoms with E-state index in [0.717, 1.165) is 25.3 Å². The van der Waals surface area contributed by atoms with E-state index in [1.165, 1.54) is 6.42 Å². The molecule has 0 aromatic carbocycles. The number of hydrogen-bond acceptors (Lipinski definition) is 4. The van der Waals surface area contributed by atoms with Crippen molar-refractivity contribution >= 4 is 5.69 Å². The molecule has 0 spiro atoms. The first kappa shape index (κ1) is 10.4. The van der Waals surface area contributed by atoms with Crippen molar-refractivity contribution in [2.45, 2.75) is 25.8 Å². The molecule has 2 heterocycles. The molecule has 4 heteroatoms. The van der Waals surface area contributed by atoms with Gasteiger partial charge >= 0.3 is 0 Å². The van der Waals surface area contributed by atoms with Crippen molar-refractivity contribution in [3.8, 4) is 0 Å². The highest BCUT2D eigenvalue weighted by Gasteiger charge is 2.24. The van der Waals surface area contributed by atoms with Gasteiger partial charge in [-0.15, -0.1) is 0 Å². The first-order valence-corrected chi connectivity index (χ1v) is 5.42. The zero-order chi connectivity index (χ0) is 10.7. The lowest BCUT2D eigenvalue weighted by Gasteiger charge is -2.30. The molecule has 4 nitrogen and oxygen atoms in total. The molecule has 0 amide bonds. The standard InChI is InChI=1S/C11H18N4/c1-11(2)8-15(5-3-4-14-11)10-6-12-9-13-7-10/h6-7,9,14H,3-5,8H2,1-2H3. The third kappa shape index (κ3) is 2.65. The van der Waals surface area contributed by atoms with Crippen LogP contribution in [0.1, 0.15) is 20.3 Å². The van der Waals surface area contributed by atoms with Crippen LogP contribution in [-0.4, -0.2) is 35.1 Å². The number of nitrogens with zero attached hydrogens (tertiary/aromatic N) is 3. The Bertz CT molecular complexity index is 310. The largest absolute Gasteiger partial charge is 0.367 e. The fourth-order valence-electron chi connectivity index (χ4n) is 1.98. The number of hydrogen-bond donors (Lipinski definition) is 1. The maximum Gasteiger partial charge on any atom is 0.115 e. The van der Waals surface area contributed by atoms with E-state index < -0.39 is 0 Å². The SMILES string of the molecule is CC1(C)CN(c2cncnc2)CCCN1. The highest BCUT2D eigenvalue weighted by Crippen LogP contribution is 2.17. The number of rotatable bonds is 1. The molecule has 2 rings (SSSR count). The highest BCUT2D eigenvalue weighted by molar-refractivity contribution is 5.42. The van der Waals surface area contributed by atoms with Gasteiger partial charge in [0, 0.05) is 18.6 Å². The van der Waals surface area contributed by atoms with Gasteiger partial charge in [-0.3, -0.25) is 0 Å². The average Bonchev–Trinajstić information content (AvgIpc) is 2.41. The van der Waals surface area contributed by atoms with E-state index in [-0.39, 0.29) is 5.54 Å². The van der Waals surface area contributed by atoms with Gasteiger partial charge in [-0.1, -0.05) is 0 Å². The molecule has 82 valence electrons. The molecule has 1 saturated heterocycles. The quantitative estimate of drug-likeness (QED) is 0.746. The summed E-state index contributed by atoms with van der Waals surface area (Å²) in [7, 11) is 0. The van der Waals surface area contributed by atoms with Gasteiger partial charge in [-0.25, -0.2) is 9.97 Å². The highest BCUT2D eigenvalue weighted by atomic mass is 15.2. The lowest BCUT2D eigenvalue weighted by Crippen LogP contribution is -2.46. The summed E-state index contributed by atoms with van der Waals surface area (Å²) in [5, 5.41) is 3.54. The molecule has 0 atom stereocenters. The Morgan fingerprint density at radius 1 is 1.33 bits per heavy atom. The van der Waals surface area contributed by atoms with E-state index >= 15 is 0 Å². The van der Waals surface area contributed by atoms with Crippen LogP contribution in [0.2, 0.25) is 0 Å². The van der Waals surface area contributed by atoms with Crippen LogP contribution < -0.4 is 10.2 Å². The van der Waals surface area contributed by atoms with Gasteiger partial charge in [0.1, 0.15) is 6.33 Å². The molecule has 15 heavy (non-hydrogen) atoms. The van der Waals surface area contributed by atoms with Crippen LogP contribution in [0.4, 0.5) is 5.69 Å². The molecule has 0 radical (unpaired) electrons. The van der Waals surface area contributed by atoms with Gasteiger partial charge < -0.3 is 10.2 Å². The van der Waals surface area contributed by atoms with Crippen LogP contribution in [0.15, 0.2) is 18.7 Å². The van der Waals surface area contributed by atoms with Crippen molar-refractivity contribution in [3.05, 3.63) is 18.7 Å². The first-order valence-electron chi connectivity index (χ1n) is 5.42. The Morgan fingerprint density at radius 2 is 2.07 bits per heavy atom. The summed E-state index contributed by atoms with van der Waals surface area (Å²) in [4.78, 5) is 10.5. The van der Waals surface area contributed by atoms with Crippen LogP contribution in [0.5, 0.6) is 0 Å². The molecule has 1 aromatic heterocycles. The normalized spacial score (nSPS) is 21.1. The van der Waals surface area contributed by atoms with Gasteiger partial charge in [0.05, 0.1) is 18.1 Å². The first-order chi connectivity index (χ1) is 7.17. The molecule has 1 N–H and O–H groups in total. The third-order valence-electron chi connectivity index (χ3n) is 2.71. The summed E-state index contributed by atoms with van der Waals surface area (Å²) in [5.41, 5.74) is 1.28. The molecule has 1 fully saturated rings. The summed E-state index contributed by atoms with van der Waals surface area (Å²) < 4.78 is 0. The zero-order valence-corrected chi connectivity index (χ0v) is 9.40. The van der Waals surface area contributed by atoms with Crippen LogP contribution in [0, 0.1) is 0 Å². The van der Waals surface area contributed by atoms with Crippen molar-refractivity contribution in [2.24, 2.45) is 0 Å². The van der Waals surface area contributed by atoms with Crippen molar-refractivity contribution in [1.82, 2.24) is 15.3 Å². The fourth-order valence-corrected chi connectivity index (χ4v) is 1.98. The number of aromatic nitrogens is 2. The minimum absolute atomic E-state index is 0.159. The summed E-state index contributed by atoms with van der Waals surface area (Å²) in [6.07, 6.45) is 6.51. The Balaban J connectivity index is 2.15. The van der Waals surface area contributed by atoms with E-state index in [9.17, 15) is 0 Å². The van der Waals surface area contributed by atoms with Crippen LogP contribution >= 0.6 is 0 Å².